The average molecular weight is 291 g/mol. The third-order valence-electron chi connectivity index (χ3n) is 4.11. The van der Waals surface area contributed by atoms with Crippen molar-refractivity contribution in [1.82, 2.24) is 9.80 Å². The summed E-state index contributed by atoms with van der Waals surface area (Å²) in [6.07, 6.45) is 1.63. The van der Waals surface area contributed by atoms with Crippen molar-refractivity contribution in [2.45, 2.75) is 18.9 Å². The third kappa shape index (κ3) is 4.44. The second-order valence-corrected chi connectivity index (χ2v) is 6.11. The summed E-state index contributed by atoms with van der Waals surface area (Å²) in [6, 6.07) is 6.30. The number of amides is 1. The van der Waals surface area contributed by atoms with E-state index in [1.807, 2.05) is 7.05 Å². The first-order valence-electron chi connectivity index (χ1n) is 7.42. The lowest BCUT2D eigenvalue weighted by Gasteiger charge is -2.24. The van der Waals surface area contributed by atoms with Crippen LogP contribution in [0.5, 0.6) is 5.75 Å². The van der Waals surface area contributed by atoms with Crippen LogP contribution >= 0.6 is 0 Å². The molecule has 21 heavy (non-hydrogen) atoms. The summed E-state index contributed by atoms with van der Waals surface area (Å²) >= 11 is 0. The molecule has 0 saturated carbocycles. The van der Waals surface area contributed by atoms with E-state index < -0.39 is 6.04 Å². The highest BCUT2D eigenvalue weighted by Crippen LogP contribution is 2.16. The van der Waals surface area contributed by atoms with Crippen LogP contribution in [0.25, 0.3) is 0 Å². The van der Waals surface area contributed by atoms with Crippen molar-refractivity contribution < 1.29 is 9.90 Å². The fourth-order valence-corrected chi connectivity index (χ4v) is 2.91. The largest absolute Gasteiger partial charge is 0.508 e. The van der Waals surface area contributed by atoms with E-state index in [-0.39, 0.29) is 11.7 Å². The normalized spacial score (nSPS) is 20.4. The molecule has 1 aromatic rings. The quantitative estimate of drug-likeness (QED) is 0.837. The molecule has 2 unspecified atom stereocenters. The van der Waals surface area contributed by atoms with Crippen LogP contribution in [0.3, 0.4) is 0 Å². The van der Waals surface area contributed by atoms with Gasteiger partial charge >= 0.3 is 0 Å². The lowest BCUT2D eigenvalue weighted by atomic mass is 10.0. The Morgan fingerprint density at radius 1 is 1.48 bits per heavy atom. The molecule has 5 nitrogen and oxygen atoms in total. The lowest BCUT2D eigenvalue weighted by molar-refractivity contribution is -0.131. The number of phenols is 1. The molecule has 1 aliphatic rings. The number of aromatic hydroxyl groups is 1. The Kier molecular flexibility index (Phi) is 5.20. The van der Waals surface area contributed by atoms with Gasteiger partial charge in [0.1, 0.15) is 5.75 Å². The molecule has 2 rings (SSSR count). The summed E-state index contributed by atoms with van der Waals surface area (Å²) in [5.41, 5.74) is 6.99. The van der Waals surface area contributed by atoms with E-state index in [0.717, 1.165) is 31.6 Å². The molecule has 1 aromatic carbocycles. The Hall–Kier alpha value is -1.59. The van der Waals surface area contributed by atoms with Crippen molar-refractivity contribution in [2.24, 2.45) is 11.7 Å². The van der Waals surface area contributed by atoms with Crippen LogP contribution in [-0.2, 0) is 11.2 Å². The van der Waals surface area contributed by atoms with Crippen LogP contribution in [0.2, 0.25) is 0 Å². The summed E-state index contributed by atoms with van der Waals surface area (Å²) < 4.78 is 0. The zero-order chi connectivity index (χ0) is 15.4. The van der Waals surface area contributed by atoms with Crippen molar-refractivity contribution in [2.75, 3.05) is 33.7 Å². The van der Waals surface area contributed by atoms with Gasteiger partial charge in [-0.15, -0.1) is 0 Å². The van der Waals surface area contributed by atoms with Gasteiger partial charge in [0.2, 0.25) is 5.91 Å². The van der Waals surface area contributed by atoms with E-state index in [1.165, 1.54) is 0 Å². The van der Waals surface area contributed by atoms with E-state index in [2.05, 4.69) is 11.9 Å². The lowest BCUT2D eigenvalue weighted by Crippen LogP contribution is -2.45. The van der Waals surface area contributed by atoms with Gasteiger partial charge in [0.05, 0.1) is 6.04 Å². The number of likely N-dealkylation sites (tertiary alicyclic amines) is 1. The van der Waals surface area contributed by atoms with Gasteiger partial charge in [0.25, 0.3) is 0 Å². The fourth-order valence-electron chi connectivity index (χ4n) is 2.91. The molecular formula is C16H25N3O2. The Balaban J connectivity index is 1.84. The van der Waals surface area contributed by atoms with Crippen LogP contribution in [0.4, 0.5) is 0 Å². The summed E-state index contributed by atoms with van der Waals surface area (Å²) in [5, 5.41) is 9.26. The predicted octanol–water partition coefficient (Wildman–Crippen LogP) is 0.672. The van der Waals surface area contributed by atoms with Crippen molar-refractivity contribution in [3.8, 4) is 5.75 Å². The molecule has 0 radical (unpaired) electrons. The minimum atomic E-state index is -0.529. The maximum atomic E-state index is 12.3. The molecule has 116 valence electrons. The van der Waals surface area contributed by atoms with Gasteiger partial charge in [-0.2, -0.15) is 0 Å². The Bertz CT molecular complexity index is 475. The van der Waals surface area contributed by atoms with Gasteiger partial charge in [0.15, 0.2) is 0 Å². The van der Waals surface area contributed by atoms with E-state index in [1.54, 1.807) is 29.2 Å². The highest BCUT2D eigenvalue weighted by Gasteiger charge is 2.25. The monoisotopic (exact) mass is 291 g/mol. The smallest absolute Gasteiger partial charge is 0.239 e. The topological polar surface area (TPSA) is 69.8 Å². The summed E-state index contributed by atoms with van der Waals surface area (Å²) in [4.78, 5) is 16.4. The van der Waals surface area contributed by atoms with E-state index in [9.17, 15) is 9.90 Å². The molecular weight excluding hydrogens is 266 g/mol. The minimum absolute atomic E-state index is 0.0161. The maximum Gasteiger partial charge on any atom is 0.239 e. The standard InChI is InChI=1S/C16H25N3O2/c1-18-8-7-13(10-18)11-19(2)16(21)15(17)9-12-3-5-14(20)6-4-12/h3-6,13,15,20H,7-11,17H2,1-2H3. The number of benzene rings is 1. The van der Waals surface area contributed by atoms with Crippen LogP contribution in [0.1, 0.15) is 12.0 Å². The molecule has 1 fully saturated rings. The molecule has 1 saturated heterocycles. The first-order valence-corrected chi connectivity index (χ1v) is 7.42. The first-order chi connectivity index (χ1) is 9.95. The number of nitrogens with two attached hydrogens (primary N) is 1. The number of carbonyl (C=O) groups excluding carboxylic acids is 1. The number of hydrogen-bond donors (Lipinski definition) is 2. The predicted molar refractivity (Wildman–Crippen MR) is 83.0 cm³/mol. The second kappa shape index (κ2) is 6.91. The number of likely N-dealkylation sites (N-methyl/N-ethyl adjacent to an activating group) is 1. The van der Waals surface area contributed by atoms with Crippen LogP contribution in [0.15, 0.2) is 24.3 Å². The number of hydrogen-bond acceptors (Lipinski definition) is 4. The molecule has 0 aromatic heterocycles. The van der Waals surface area contributed by atoms with Gasteiger partial charge in [-0.3, -0.25) is 4.79 Å². The van der Waals surface area contributed by atoms with Crippen LogP contribution < -0.4 is 5.73 Å². The number of nitrogens with zero attached hydrogens (tertiary/aromatic N) is 2. The molecule has 5 heteroatoms. The molecule has 1 amide bonds. The number of rotatable bonds is 5. The van der Waals surface area contributed by atoms with Gasteiger partial charge in [-0.05, 0) is 50.0 Å². The van der Waals surface area contributed by atoms with Crippen molar-refractivity contribution in [1.29, 1.82) is 0 Å². The molecule has 1 aliphatic heterocycles. The fraction of sp³-hybridized carbons (Fsp3) is 0.562. The first kappa shape index (κ1) is 15.8. The SMILES string of the molecule is CN1CCC(CN(C)C(=O)C(N)Cc2ccc(O)cc2)C1. The van der Waals surface area contributed by atoms with E-state index in [4.69, 9.17) is 5.73 Å². The summed E-state index contributed by atoms with van der Waals surface area (Å²) in [7, 11) is 3.94. The maximum absolute atomic E-state index is 12.3. The molecule has 2 atom stereocenters. The third-order valence-corrected chi connectivity index (χ3v) is 4.11. The summed E-state index contributed by atoms with van der Waals surface area (Å²) in [6.45, 7) is 2.92. The van der Waals surface area contributed by atoms with Gasteiger partial charge in [-0.25, -0.2) is 0 Å². The van der Waals surface area contributed by atoms with Crippen LogP contribution in [0, 0.1) is 5.92 Å². The Morgan fingerprint density at radius 3 is 2.71 bits per heavy atom. The van der Waals surface area contributed by atoms with E-state index in [0.29, 0.717) is 12.3 Å². The highest BCUT2D eigenvalue weighted by molar-refractivity contribution is 5.81. The molecule has 0 bridgehead atoms. The second-order valence-electron chi connectivity index (χ2n) is 6.11. The zero-order valence-corrected chi connectivity index (χ0v) is 12.8. The Morgan fingerprint density at radius 2 is 2.14 bits per heavy atom. The average Bonchev–Trinajstić information content (AvgIpc) is 2.85. The van der Waals surface area contributed by atoms with Crippen LogP contribution in [-0.4, -0.2) is 60.6 Å². The minimum Gasteiger partial charge on any atom is -0.508 e. The van der Waals surface area contributed by atoms with Gasteiger partial charge in [-0.1, -0.05) is 12.1 Å². The van der Waals surface area contributed by atoms with Gasteiger partial charge in [0, 0.05) is 20.1 Å². The highest BCUT2D eigenvalue weighted by atomic mass is 16.3. The van der Waals surface area contributed by atoms with Crippen molar-refractivity contribution >= 4 is 5.91 Å². The van der Waals surface area contributed by atoms with E-state index >= 15 is 0 Å². The molecule has 0 aliphatic carbocycles. The van der Waals surface area contributed by atoms with Gasteiger partial charge < -0.3 is 20.6 Å². The molecule has 3 N–H and O–H groups in total. The zero-order valence-electron chi connectivity index (χ0n) is 12.8. The molecule has 0 spiro atoms. The molecule has 1 heterocycles. The van der Waals surface area contributed by atoms with Crippen molar-refractivity contribution in [3.05, 3.63) is 29.8 Å². The Labute approximate surface area is 126 Å². The number of phenolic OH excluding ortho intramolecular Hbond substituents is 1. The van der Waals surface area contributed by atoms with Crippen molar-refractivity contribution in [3.63, 3.8) is 0 Å². The summed E-state index contributed by atoms with van der Waals surface area (Å²) in [5.74, 6) is 0.753. The number of carbonyl (C=O) groups is 1.